The monoisotopic (exact) mass is 202 g/mol. The van der Waals surface area contributed by atoms with E-state index in [0.717, 1.165) is 6.42 Å². The van der Waals surface area contributed by atoms with E-state index < -0.39 is 0 Å². The molecule has 2 atom stereocenters. The minimum absolute atomic E-state index is 0.0792. The zero-order chi connectivity index (χ0) is 11.0. The average Bonchev–Trinajstić information content (AvgIpc) is 2.03. The Labute approximate surface area is 86.2 Å². The molecule has 0 saturated carbocycles. The Hall–Kier alpha value is -0.610. The molecule has 84 valence electrons. The van der Waals surface area contributed by atoms with E-state index >= 15 is 0 Å². The highest BCUT2D eigenvalue weighted by atomic mass is 16.5. The zero-order valence-electron chi connectivity index (χ0n) is 9.38. The highest BCUT2D eigenvalue weighted by Crippen LogP contribution is 2.02. The first kappa shape index (κ1) is 13.4. The van der Waals surface area contributed by atoms with Crippen molar-refractivity contribution in [3.63, 3.8) is 0 Å². The molecule has 0 saturated heterocycles. The van der Waals surface area contributed by atoms with Gasteiger partial charge in [0, 0.05) is 26.2 Å². The number of methoxy groups -OCH3 is 1. The highest BCUT2D eigenvalue weighted by molar-refractivity contribution is 5.76. The van der Waals surface area contributed by atoms with Crippen molar-refractivity contribution >= 4 is 5.91 Å². The zero-order valence-corrected chi connectivity index (χ0v) is 9.38. The van der Waals surface area contributed by atoms with Crippen molar-refractivity contribution in [3.05, 3.63) is 0 Å². The number of amides is 1. The van der Waals surface area contributed by atoms with Crippen LogP contribution in [0.1, 0.15) is 26.7 Å². The Balaban J connectivity index is 3.63. The second-order valence-corrected chi connectivity index (χ2v) is 3.81. The fraction of sp³-hybridized carbons (Fsp3) is 0.900. The molecule has 0 aliphatic rings. The molecule has 0 aliphatic carbocycles. The van der Waals surface area contributed by atoms with E-state index in [1.165, 1.54) is 0 Å². The van der Waals surface area contributed by atoms with Gasteiger partial charge in [0.15, 0.2) is 0 Å². The topological polar surface area (TPSA) is 64.3 Å². The van der Waals surface area contributed by atoms with E-state index in [1.54, 1.807) is 7.11 Å². The summed E-state index contributed by atoms with van der Waals surface area (Å²) in [7, 11) is 1.64. The van der Waals surface area contributed by atoms with E-state index in [2.05, 4.69) is 5.32 Å². The molecule has 3 N–H and O–H groups in total. The maximum atomic E-state index is 11.4. The number of hydrogen-bond acceptors (Lipinski definition) is 3. The number of nitrogens with one attached hydrogen (secondary N) is 1. The molecule has 4 heteroatoms. The molecule has 0 aromatic rings. The fourth-order valence-electron chi connectivity index (χ4n) is 1.32. The third-order valence-corrected chi connectivity index (χ3v) is 1.99. The number of ether oxygens (including phenoxy) is 1. The van der Waals surface area contributed by atoms with E-state index in [-0.39, 0.29) is 17.9 Å². The van der Waals surface area contributed by atoms with Crippen molar-refractivity contribution < 1.29 is 9.53 Å². The smallest absolute Gasteiger partial charge is 0.220 e. The molecule has 0 radical (unpaired) electrons. The molecule has 1 amide bonds. The summed E-state index contributed by atoms with van der Waals surface area (Å²) in [6, 6.07) is 0.169. The largest absolute Gasteiger partial charge is 0.384 e. The van der Waals surface area contributed by atoms with Crippen LogP contribution in [-0.4, -0.2) is 32.2 Å². The SMILES string of the molecule is COCC(C)CC(=O)NC(C)CCN. The first-order chi connectivity index (χ1) is 6.60. The standard InChI is InChI=1S/C10H22N2O2/c1-8(7-14-3)6-10(13)12-9(2)4-5-11/h8-9H,4-7,11H2,1-3H3,(H,12,13). The summed E-state index contributed by atoms with van der Waals surface area (Å²) < 4.78 is 4.96. The summed E-state index contributed by atoms with van der Waals surface area (Å²) in [6.45, 7) is 5.19. The van der Waals surface area contributed by atoms with Crippen LogP contribution in [0.15, 0.2) is 0 Å². The molecule has 4 nitrogen and oxygen atoms in total. The maximum Gasteiger partial charge on any atom is 0.220 e. The first-order valence-electron chi connectivity index (χ1n) is 5.08. The average molecular weight is 202 g/mol. The molecule has 0 bridgehead atoms. The van der Waals surface area contributed by atoms with Gasteiger partial charge in [-0.2, -0.15) is 0 Å². The van der Waals surface area contributed by atoms with Gasteiger partial charge in [-0.25, -0.2) is 0 Å². The predicted molar refractivity (Wildman–Crippen MR) is 56.9 cm³/mol. The van der Waals surface area contributed by atoms with Crippen molar-refractivity contribution in [2.45, 2.75) is 32.7 Å². The van der Waals surface area contributed by atoms with Crippen LogP contribution in [-0.2, 0) is 9.53 Å². The molecule has 0 rings (SSSR count). The number of rotatable bonds is 7. The van der Waals surface area contributed by atoms with Crippen molar-refractivity contribution in [2.75, 3.05) is 20.3 Å². The number of carbonyl (C=O) groups excluding carboxylic acids is 1. The Bertz CT molecular complexity index is 146. The molecule has 0 aromatic heterocycles. The molecule has 14 heavy (non-hydrogen) atoms. The summed E-state index contributed by atoms with van der Waals surface area (Å²) in [4.78, 5) is 11.4. The Morgan fingerprint density at radius 1 is 1.50 bits per heavy atom. The second kappa shape index (κ2) is 7.76. The summed E-state index contributed by atoms with van der Waals surface area (Å²) >= 11 is 0. The molecule has 0 heterocycles. The molecular formula is C10H22N2O2. The molecule has 0 spiro atoms. The maximum absolute atomic E-state index is 11.4. The quantitative estimate of drug-likeness (QED) is 0.632. The van der Waals surface area contributed by atoms with E-state index in [0.29, 0.717) is 19.6 Å². The van der Waals surface area contributed by atoms with Gasteiger partial charge < -0.3 is 15.8 Å². The molecule has 2 unspecified atom stereocenters. The van der Waals surface area contributed by atoms with Crippen LogP contribution < -0.4 is 11.1 Å². The fourth-order valence-corrected chi connectivity index (χ4v) is 1.32. The van der Waals surface area contributed by atoms with Crippen LogP contribution in [0.25, 0.3) is 0 Å². The predicted octanol–water partition coefficient (Wildman–Crippen LogP) is 0.513. The van der Waals surface area contributed by atoms with Crippen LogP contribution in [0.2, 0.25) is 0 Å². The van der Waals surface area contributed by atoms with E-state index in [4.69, 9.17) is 10.5 Å². The van der Waals surface area contributed by atoms with Gasteiger partial charge in [0.25, 0.3) is 0 Å². The summed E-state index contributed by atoms with van der Waals surface area (Å²) in [5.41, 5.74) is 5.38. The van der Waals surface area contributed by atoms with Gasteiger partial charge in [0.1, 0.15) is 0 Å². The molecule has 0 aromatic carbocycles. The van der Waals surface area contributed by atoms with E-state index in [1.807, 2.05) is 13.8 Å². The van der Waals surface area contributed by atoms with Gasteiger partial charge in [0.05, 0.1) is 0 Å². The van der Waals surface area contributed by atoms with Gasteiger partial charge in [-0.3, -0.25) is 4.79 Å². The lowest BCUT2D eigenvalue weighted by atomic mass is 10.1. The van der Waals surface area contributed by atoms with Gasteiger partial charge >= 0.3 is 0 Å². The van der Waals surface area contributed by atoms with Crippen LogP contribution >= 0.6 is 0 Å². The van der Waals surface area contributed by atoms with Crippen molar-refractivity contribution in [2.24, 2.45) is 11.7 Å². The van der Waals surface area contributed by atoms with E-state index in [9.17, 15) is 4.79 Å². The lowest BCUT2D eigenvalue weighted by Crippen LogP contribution is -2.35. The highest BCUT2D eigenvalue weighted by Gasteiger charge is 2.10. The number of nitrogens with two attached hydrogens (primary N) is 1. The summed E-state index contributed by atoms with van der Waals surface area (Å²) in [5.74, 6) is 0.348. The normalized spacial score (nSPS) is 14.9. The van der Waals surface area contributed by atoms with Gasteiger partial charge in [-0.15, -0.1) is 0 Å². The van der Waals surface area contributed by atoms with Crippen LogP contribution in [0.3, 0.4) is 0 Å². The van der Waals surface area contributed by atoms with Crippen LogP contribution in [0.5, 0.6) is 0 Å². The van der Waals surface area contributed by atoms with Crippen molar-refractivity contribution in [1.29, 1.82) is 0 Å². The first-order valence-corrected chi connectivity index (χ1v) is 5.08. The Morgan fingerprint density at radius 2 is 2.14 bits per heavy atom. The third-order valence-electron chi connectivity index (χ3n) is 1.99. The Morgan fingerprint density at radius 3 is 2.64 bits per heavy atom. The van der Waals surface area contributed by atoms with Gasteiger partial charge in [0.2, 0.25) is 5.91 Å². The molecular weight excluding hydrogens is 180 g/mol. The van der Waals surface area contributed by atoms with Gasteiger partial charge in [-0.05, 0) is 25.8 Å². The summed E-state index contributed by atoms with van der Waals surface area (Å²) in [5, 5.41) is 2.90. The minimum Gasteiger partial charge on any atom is -0.384 e. The summed E-state index contributed by atoms with van der Waals surface area (Å²) in [6.07, 6.45) is 1.34. The molecule has 0 fully saturated rings. The van der Waals surface area contributed by atoms with Gasteiger partial charge in [-0.1, -0.05) is 6.92 Å². The number of carbonyl (C=O) groups is 1. The third kappa shape index (κ3) is 6.86. The Kier molecular flexibility index (Phi) is 7.42. The molecule has 0 aliphatic heterocycles. The van der Waals surface area contributed by atoms with Crippen molar-refractivity contribution in [1.82, 2.24) is 5.32 Å². The van der Waals surface area contributed by atoms with Crippen LogP contribution in [0, 0.1) is 5.92 Å². The minimum atomic E-state index is 0.0792. The lowest BCUT2D eigenvalue weighted by molar-refractivity contribution is -0.122. The lowest BCUT2D eigenvalue weighted by Gasteiger charge is -2.15. The van der Waals surface area contributed by atoms with Crippen LogP contribution in [0.4, 0.5) is 0 Å². The second-order valence-electron chi connectivity index (χ2n) is 3.81. The number of hydrogen-bond donors (Lipinski definition) is 2. The van der Waals surface area contributed by atoms with Crippen molar-refractivity contribution in [3.8, 4) is 0 Å².